The molecule has 32 heavy (non-hydrogen) atoms. The van der Waals surface area contributed by atoms with Crippen molar-refractivity contribution in [3.05, 3.63) is 106 Å². The van der Waals surface area contributed by atoms with Crippen LogP contribution < -0.4 is 10.1 Å². The number of carbonyl (C=O) groups excluding carboxylic acids is 1. The monoisotopic (exact) mass is 446 g/mol. The lowest BCUT2D eigenvalue weighted by Crippen LogP contribution is -2.23. The Bertz CT molecular complexity index is 1180. The molecule has 7 heteroatoms. The molecule has 0 bridgehead atoms. The predicted octanol–water partition coefficient (Wildman–Crippen LogP) is 4.84. The number of carboxylic acid groups (broad SMARTS) is 1. The van der Waals surface area contributed by atoms with Gasteiger partial charge in [-0.3, -0.25) is 4.79 Å². The van der Waals surface area contributed by atoms with Crippen LogP contribution >= 0.6 is 11.6 Å². The SMILES string of the molecule is N#CC(=Cc1ccc(OCc2ccc(C(=O)O)cc2)c(Cl)c1)C(=O)NCc1ccccc1. The second-order valence-electron chi connectivity index (χ2n) is 6.82. The molecule has 0 aromatic heterocycles. The molecular formula is C25H19ClN2O4. The van der Waals surface area contributed by atoms with Crippen molar-refractivity contribution in [3.8, 4) is 11.8 Å². The van der Waals surface area contributed by atoms with Crippen molar-refractivity contribution < 1.29 is 19.4 Å². The molecule has 3 rings (SSSR count). The van der Waals surface area contributed by atoms with E-state index in [1.807, 2.05) is 36.4 Å². The first-order chi connectivity index (χ1) is 15.5. The van der Waals surface area contributed by atoms with Gasteiger partial charge in [0.1, 0.15) is 24.0 Å². The van der Waals surface area contributed by atoms with Crippen LogP contribution in [0.2, 0.25) is 5.02 Å². The summed E-state index contributed by atoms with van der Waals surface area (Å²) >= 11 is 6.29. The molecule has 6 nitrogen and oxygen atoms in total. The molecular weight excluding hydrogens is 428 g/mol. The van der Waals surface area contributed by atoms with Crippen molar-refractivity contribution in [2.24, 2.45) is 0 Å². The van der Waals surface area contributed by atoms with Gasteiger partial charge in [0, 0.05) is 6.54 Å². The predicted molar refractivity (Wildman–Crippen MR) is 121 cm³/mol. The van der Waals surface area contributed by atoms with Gasteiger partial charge in [0.05, 0.1) is 10.6 Å². The lowest BCUT2D eigenvalue weighted by molar-refractivity contribution is -0.117. The number of rotatable bonds is 8. The summed E-state index contributed by atoms with van der Waals surface area (Å²) in [5, 5.41) is 21.4. The van der Waals surface area contributed by atoms with Crippen molar-refractivity contribution in [3.63, 3.8) is 0 Å². The molecule has 0 unspecified atom stereocenters. The number of nitrogens with zero attached hydrogens (tertiary/aromatic N) is 1. The van der Waals surface area contributed by atoms with Gasteiger partial charge in [-0.1, -0.05) is 60.1 Å². The Labute approximate surface area is 190 Å². The molecule has 0 spiro atoms. The van der Waals surface area contributed by atoms with E-state index in [4.69, 9.17) is 21.4 Å². The van der Waals surface area contributed by atoms with Gasteiger partial charge in [-0.05, 0) is 47.0 Å². The van der Waals surface area contributed by atoms with Crippen LogP contribution in [-0.2, 0) is 17.9 Å². The number of aromatic carboxylic acids is 1. The van der Waals surface area contributed by atoms with Crippen molar-refractivity contribution in [2.45, 2.75) is 13.2 Å². The molecule has 1 amide bonds. The number of hydrogen-bond acceptors (Lipinski definition) is 4. The van der Waals surface area contributed by atoms with E-state index in [9.17, 15) is 14.9 Å². The van der Waals surface area contributed by atoms with Crippen LogP contribution in [0.4, 0.5) is 0 Å². The fraction of sp³-hybridized carbons (Fsp3) is 0.0800. The standard InChI is InChI=1S/C25H19ClN2O4/c26-22-13-19(12-21(14-27)24(29)28-15-17-4-2-1-3-5-17)8-11-23(22)32-16-18-6-9-20(10-7-18)25(30)31/h1-13H,15-16H2,(H,28,29)(H,30,31). The lowest BCUT2D eigenvalue weighted by Gasteiger charge is -2.09. The van der Waals surface area contributed by atoms with E-state index < -0.39 is 11.9 Å². The summed E-state index contributed by atoms with van der Waals surface area (Å²) in [5.74, 6) is -1.04. The fourth-order valence-electron chi connectivity index (χ4n) is 2.82. The molecule has 0 saturated heterocycles. The number of carbonyl (C=O) groups is 2. The van der Waals surface area contributed by atoms with E-state index in [-0.39, 0.29) is 17.7 Å². The largest absolute Gasteiger partial charge is 0.487 e. The number of benzene rings is 3. The summed E-state index contributed by atoms with van der Waals surface area (Å²) in [5.41, 5.74) is 2.46. The van der Waals surface area contributed by atoms with Crippen LogP contribution in [0, 0.1) is 11.3 Å². The molecule has 0 aliphatic carbocycles. The highest BCUT2D eigenvalue weighted by atomic mass is 35.5. The Balaban J connectivity index is 1.63. The highest BCUT2D eigenvalue weighted by Crippen LogP contribution is 2.27. The van der Waals surface area contributed by atoms with Gasteiger partial charge >= 0.3 is 5.97 Å². The number of hydrogen-bond donors (Lipinski definition) is 2. The highest BCUT2D eigenvalue weighted by Gasteiger charge is 2.10. The Morgan fingerprint density at radius 2 is 1.75 bits per heavy atom. The fourth-order valence-corrected chi connectivity index (χ4v) is 3.06. The van der Waals surface area contributed by atoms with Crippen molar-refractivity contribution in [1.29, 1.82) is 5.26 Å². The average Bonchev–Trinajstić information content (AvgIpc) is 2.81. The number of ether oxygens (including phenoxy) is 1. The summed E-state index contributed by atoms with van der Waals surface area (Å²) < 4.78 is 5.70. The van der Waals surface area contributed by atoms with Crippen LogP contribution in [0.1, 0.15) is 27.0 Å². The number of carboxylic acids is 1. The molecule has 0 aliphatic heterocycles. The quantitative estimate of drug-likeness (QED) is 0.381. The summed E-state index contributed by atoms with van der Waals surface area (Å²) in [6.07, 6.45) is 1.46. The maximum absolute atomic E-state index is 12.3. The van der Waals surface area contributed by atoms with Crippen LogP contribution in [0.15, 0.2) is 78.4 Å². The van der Waals surface area contributed by atoms with Gasteiger partial charge in [-0.2, -0.15) is 5.26 Å². The van der Waals surface area contributed by atoms with Gasteiger partial charge < -0.3 is 15.2 Å². The van der Waals surface area contributed by atoms with E-state index >= 15 is 0 Å². The Morgan fingerprint density at radius 3 is 2.38 bits per heavy atom. The lowest BCUT2D eigenvalue weighted by atomic mass is 10.1. The number of amides is 1. The first-order valence-corrected chi connectivity index (χ1v) is 10.0. The number of nitrogens with one attached hydrogen (secondary N) is 1. The van der Waals surface area contributed by atoms with E-state index in [0.29, 0.717) is 22.9 Å². The topological polar surface area (TPSA) is 99.4 Å². The summed E-state index contributed by atoms with van der Waals surface area (Å²) in [6.45, 7) is 0.528. The number of nitriles is 1. The molecule has 2 N–H and O–H groups in total. The molecule has 0 saturated carbocycles. The zero-order valence-corrected chi connectivity index (χ0v) is 17.7. The normalized spacial score (nSPS) is 10.8. The van der Waals surface area contributed by atoms with Gasteiger partial charge in [0.15, 0.2) is 0 Å². The second-order valence-corrected chi connectivity index (χ2v) is 7.23. The summed E-state index contributed by atoms with van der Waals surface area (Å²) in [6, 6.07) is 22.6. The Kier molecular flexibility index (Phi) is 7.63. The maximum atomic E-state index is 12.3. The summed E-state index contributed by atoms with van der Waals surface area (Å²) in [4.78, 5) is 23.2. The van der Waals surface area contributed by atoms with Crippen LogP contribution in [-0.4, -0.2) is 17.0 Å². The second kappa shape index (κ2) is 10.8. The van der Waals surface area contributed by atoms with E-state index in [2.05, 4.69) is 5.32 Å². The van der Waals surface area contributed by atoms with Gasteiger partial charge in [-0.15, -0.1) is 0 Å². The summed E-state index contributed by atoms with van der Waals surface area (Å²) in [7, 11) is 0. The van der Waals surface area contributed by atoms with Gasteiger partial charge in [0.25, 0.3) is 5.91 Å². The zero-order chi connectivity index (χ0) is 22.9. The Hall–Kier alpha value is -4.08. The molecule has 160 valence electrons. The van der Waals surface area contributed by atoms with Gasteiger partial charge in [0.2, 0.25) is 0 Å². The smallest absolute Gasteiger partial charge is 0.335 e. The molecule has 3 aromatic carbocycles. The van der Waals surface area contributed by atoms with Crippen LogP contribution in [0.3, 0.4) is 0 Å². The van der Waals surface area contributed by atoms with E-state index in [1.165, 1.54) is 18.2 Å². The molecule has 0 aliphatic rings. The number of halogens is 1. The average molecular weight is 447 g/mol. The first kappa shape index (κ1) is 22.6. The van der Waals surface area contributed by atoms with Gasteiger partial charge in [-0.25, -0.2) is 4.79 Å². The third kappa shape index (κ3) is 6.21. The molecule has 0 heterocycles. The van der Waals surface area contributed by atoms with Crippen molar-refractivity contribution in [2.75, 3.05) is 0 Å². The third-order valence-corrected chi connectivity index (χ3v) is 4.82. The minimum atomic E-state index is -0.991. The molecule has 0 atom stereocenters. The van der Waals surface area contributed by atoms with Crippen LogP contribution in [0.25, 0.3) is 6.08 Å². The van der Waals surface area contributed by atoms with Crippen molar-refractivity contribution >= 4 is 29.6 Å². The van der Waals surface area contributed by atoms with Crippen LogP contribution in [0.5, 0.6) is 5.75 Å². The minimum absolute atomic E-state index is 0.0378. The molecule has 0 fully saturated rings. The molecule has 3 aromatic rings. The third-order valence-electron chi connectivity index (χ3n) is 4.52. The molecule has 0 radical (unpaired) electrons. The van der Waals surface area contributed by atoms with E-state index in [0.717, 1.165) is 11.1 Å². The first-order valence-electron chi connectivity index (χ1n) is 9.65. The van der Waals surface area contributed by atoms with E-state index in [1.54, 1.807) is 30.3 Å². The Morgan fingerprint density at radius 1 is 1.03 bits per heavy atom. The maximum Gasteiger partial charge on any atom is 0.335 e. The highest BCUT2D eigenvalue weighted by molar-refractivity contribution is 6.32. The zero-order valence-electron chi connectivity index (χ0n) is 16.9. The van der Waals surface area contributed by atoms with Crippen molar-refractivity contribution in [1.82, 2.24) is 5.32 Å². The minimum Gasteiger partial charge on any atom is -0.487 e.